The lowest BCUT2D eigenvalue weighted by molar-refractivity contribution is -0.385. The number of nitro groups is 1. The molecule has 0 saturated carbocycles. The van der Waals surface area contributed by atoms with Crippen LogP contribution in [-0.4, -0.2) is 17.7 Å². The summed E-state index contributed by atoms with van der Waals surface area (Å²) in [5.41, 5.74) is 2.84. The first-order valence-corrected chi connectivity index (χ1v) is 8.16. The summed E-state index contributed by atoms with van der Waals surface area (Å²) in [6.07, 6.45) is 1.55. The summed E-state index contributed by atoms with van der Waals surface area (Å²) in [5, 5.41) is 11.0. The van der Waals surface area contributed by atoms with Crippen LogP contribution in [0.2, 0.25) is 0 Å². The van der Waals surface area contributed by atoms with Crippen LogP contribution in [0.3, 0.4) is 0 Å². The van der Waals surface area contributed by atoms with Gasteiger partial charge in [-0.15, -0.1) is 0 Å². The SMILES string of the molecule is CN1c2ccccc2C(C)(C)[C@@]12CCc1cc([N+](=O)[O-])ccc1O2. The van der Waals surface area contributed by atoms with Gasteiger partial charge in [-0.1, -0.05) is 18.2 Å². The van der Waals surface area contributed by atoms with Gasteiger partial charge in [0.1, 0.15) is 5.75 Å². The molecule has 4 rings (SSSR count). The van der Waals surface area contributed by atoms with Gasteiger partial charge in [0.25, 0.3) is 5.69 Å². The zero-order valence-electron chi connectivity index (χ0n) is 14.1. The molecule has 1 spiro atoms. The molecule has 124 valence electrons. The first kappa shape index (κ1) is 15.0. The van der Waals surface area contributed by atoms with Crippen LogP contribution in [0.15, 0.2) is 42.5 Å². The Labute approximate surface area is 141 Å². The lowest BCUT2D eigenvalue weighted by atomic mass is 9.74. The number of hydrogen-bond acceptors (Lipinski definition) is 4. The Bertz CT molecular complexity index is 846. The smallest absolute Gasteiger partial charge is 0.269 e. The van der Waals surface area contributed by atoms with Crippen LogP contribution in [0.4, 0.5) is 11.4 Å². The number of ether oxygens (including phenoxy) is 1. The number of likely N-dealkylation sites (N-methyl/N-ethyl adjacent to an activating group) is 1. The Kier molecular flexibility index (Phi) is 2.95. The molecular weight excluding hydrogens is 304 g/mol. The molecule has 0 fully saturated rings. The van der Waals surface area contributed by atoms with Crippen LogP contribution in [0.1, 0.15) is 31.4 Å². The molecular formula is C19H20N2O3. The third-order valence-corrected chi connectivity index (χ3v) is 5.72. The molecule has 0 bridgehead atoms. The first-order valence-electron chi connectivity index (χ1n) is 8.16. The minimum Gasteiger partial charge on any atom is -0.467 e. The van der Waals surface area contributed by atoms with Gasteiger partial charge >= 0.3 is 0 Å². The van der Waals surface area contributed by atoms with E-state index >= 15 is 0 Å². The van der Waals surface area contributed by atoms with E-state index in [1.54, 1.807) is 12.1 Å². The van der Waals surface area contributed by atoms with Crippen LogP contribution in [0.5, 0.6) is 5.75 Å². The summed E-state index contributed by atoms with van der Waals surface area (Å²) in [6.45, 7) is 4.43. The molecule has 5 nitrogen and oxygen atoms in total. The van der Waals surface area contributed by atoms with Crippen LogP contribution >= 0.6 is 0 Å². The van der Waals surface area contributed by atoms with Gasteiger partial charge in [0, 0.05) is 36.9 Å². The lowest BCUT2D eigenvalue weighted by Gasteiger charge is -2.48. The van der Waals surface area contributed by atoms with Crippen molar-refractivity contribution in [3.05, 3.63) is 63.7 Å². The number of aryl methyl sites for hydroxylation is 1. The van der Waals surface area contributed by atoms with Crippen LogP contribution < -0.4 is 9.64 Å². The van der Waals surface area contributed by atoms with Crippen molar-refractivity contribution in [2.45, 2.75) is 37.8 Å². The fraction of sp³-hybridized carbons (Fsp3) is 0.368. The second-order valence-electron chi connectivity index (χ2n) is 7.14. The Morgan fingerprint density at radius 1 is 1.21 bits per heavy atom. The van der Waals surface area contributed by atoms with Gasteiger partial charge in [-0.2, -0.15) is 0 Å². The molecule has 0 amide bonds. The number of nitro benzene ring substituents is 1. The van der Waals surface area contributed by atoms with Crippen molar-refractivity contribution in [2.75, 3.05) is 11.9 Å². The molecule has 5 heteroatoms. The number of fused-ring (bicyclic) bond motifs is 2. The van der Waals surface area contributed by atoms with E-state index in [9.17, 15) is 10.1 Å². The molecule has 0 aromatic heterocycles. The van der Waals surface area contributed by atoms with E-state index in [2.05, 4.69) is 44.0 Å². The monoisotopic (exact) mass is 324 g/mol. The first-order chi connectivity index (χ1) is 11.4. The molecule has 2 aliphatic rings. The molecule has 0 radical (unpaired) electrons. The van der Waals surface area contributed by atoms with Gasteiger partial charge in [0.15, 0.2) is 5.72 Å². The quantitative estimate of drug-likeness (QED) is 0.587. The van der Waals surface area contributed by atoms with E-state index in [-0.39, 0.29) is 16.0 Å². The molecule has 0 saturated heterocycles. The maximum atomic E-state index is 11.0. The summed E-state index contributed by atoms with van der Waals surface area (Å²) in [4.78, 5) is 12.9. The average Bonchev–Trinajstić information content (AvgIpc) is 2.74. The van der Waals surface area contributed by atoms with Gasteiger partial charge in [0.05, 0.1) is 10.3 Å². The van der Waals surface area contributed by atoms with Crippen molar-refractivity contribution in [1.29, 1.82) is 0 Å². The fourth-order valence-corrected chi connectivity index (χ4v) is 4.31. The number of para-hydroxylation sites is 1. The fourth-order valence-electron chi connectivity index (χ4n) is 4.31. The van der Waals surface area contributed by atoms with E-state index in [0.717, 1.165) is 24.2 Å². The summed E-state index contributed by atoms with van der Waals surface area (Å²) >= 11 is 0. The summed E-state index contributed by atoms with van der Waals surface area (Å²) < 4.78 is 6.53. The van der Waals surface area contributed by atoms with Crippen molar-refractivity contribution in [2.24, 2.45) is 0 Å². The maximum Gasteiger partial charge on any atom is 0.269 e. The predicted molar refractivity (Wildman–Crippen MR) is 92.6 cm³/mol. The average molecular weight is 324 g/mol. The van der Waals surface area contributed by atoms with E-state index in [4.69, 9.17) is 4.74 Å². The van der Waals surface area contributed by atoms with Crippen molar-refractivity contribution >= 4 is 11.4 Å². The van der Waals surface area contributed by atoms with Crippen LogP contribution in [-0.2, 0) is 11.8 Å². The lowest BCUT2D eigenvalue weighted by Crippen LogP contribution is -2.60. The number of benzene rings is 2. The molecule has 2 heterocycles. The summed E-state index contributed by atoms with van der Waals surface area (Å²) in [5.74, 6) is 0.750. The van der Waals surface area contributed by atoms with Gasteiger partial charge in [-0.3, -0.25) is 10.1 Å². The second-order valence-corrected chi connectivity index (χ2v) is 7.14. The predicted octanol–water partition coefficient (Wildman–Crippen LogP) is 4.04. The van der Waals surface area contributed by atoms with Crippen LogP contribution in [0.25, 0.3) is 0 Å². The Balaban J connectivity index is 1.80. The van der Waals surface area contributed by atoms with Gasteiger partial charge < -0.3 is 9.64 Å². The molecule has 2 aliphatic heterocycles. The molecule has 2 aromatic rings. The van der Waals surface area contributed by atoms with Crippen molar-refractivity contribution in [1.82, 2.24) is 0 Å². The minimum absolute atomic E-state index is 0.121. The van der Waals surface area contributed by atoms with Crippen molar-refractivity contribution in [3.8, 4) is 5.75 Å². The Morgan fingerprint density at radius 2 is 1.96 bits per heavy atom. The number of nitrogens with zero attached hydrogens (tertiary/aromatic N) is 2. The highest BCUT2D eigenvalue weighted by atomic mass is 16.6. The topological polar surface area (TPSA) is 55.6 Å². The Hall–Kier alpha value is -2.56. The van der Waals surface area contributed by atoms with Crippen molar-refractivity contribution in [3.63, 3.8) is 0 Å². The zero-order valence-corrected chi connectivity index (χ0v) is 14.1. The number of anilines is 1. The van der Waals surface area contributed by atoms with E-state index in [1.807, 2.05) is 6.07 Å². The molecule has 2 aromatic carbocycles. The number of rotatable bonds is 1. The number of non-ortho nitro benzene ring substituents is 1. The normalized spacial score (nSPS) is 23.5. The largest absolute Gasteiger partial charge is 0.467 e. The summed E-state index contributed by atoms with van der Waals surface area (Å²) in [7, 11) is 2.07. The zero-order chi connectivity index (χ0) is 17.1. The van der Waals surface area contributed by atoms with Gasteiger partial charge in [-0.25, -0.2) is 0 Å². The van der Waals surface area contributed by atoms with E-state index in [1.165, 1.54) is 17.3 Å². The second kappa shape index (κ2) is 4.72. The minimum atomic E-state index is -0.472. The van der Waals surface area contributed by atoms with Gasteiger partial charge in [-0.05, 0) is 38.0 Å². The van der Waals surface area contributed by atoms with E-state index < -0.39 is 5.72 Å². The molecule has 0 aliphatic carbocycles. The third-order valence-electron chi connectivity index (χ3n) is 5.72. The van der Waals surface area contributed by atoms with Crippen LogP contribution in [0, 0.1) is 10.1 Å². The van der Waals surface area contributed by atoms with Gasteiger partial charge in [0.2, 0.25) is 0 Å². The van der Waals surface area contributed by atoms with Crippen molar-refractivity contribution < 1.29 is 9.66 Å². The highest BCUT2D eigenvalue weighted by Crippen LogP contribution is 2.55. The Morgan fingerprint density at radius 3 is 2.67 bits per heavy atom. The molecule has 0 N–H and O–H groups in total. The highest BCUT2D eigenvalue weighted by molar-refractivity contribution is 5.66. The molecule has 0 unspecified atom stereocenters. The maximum absolute atomic E-state index is 11.0. The summed E-state index contributed by atoms with van der Waals surface area (Å²) in [6, 6.07) is 13.3. The third kappa shape index (κ3) is 1.75. The highest BCUT2D eigenvalue weighted by Gasteiger charge is 2.58. The number of hydrogen-bond donors (Lipinski definition) is 0. The standard InChI is InChI=1S/C19H20N2O3/c1-18(2)15-6-4-5-7-16(15)20(3)19(18)11-10-13-12-14(21(22)23)8-9-17(13)24-19/h4-9,12H,10-11H2,1-3H3/t19-/m0/s1. The van der Waals surface area contributed by atoms with E-state index in [0.29, 0.717) is 0 Å². The molecule has 1 atom stereocenters. The molecule has 24 heavy (non-hydrogen) atoms.